The lowest BCUT2D eigenvalue weighted by Crippen LogP contribution is -2.52. The molecule has 1 aliphatic heterocycles. The average molecular weight is 335 g/mol. The average Bonchev–Trinajstić information content (AvgIpc) is 3.26. The van der Waals surface area contributed by atoms with Crippen LogP contribution in [0.2, 0.25) is 0 Å². The molecule has 1 amide bonds. The Morgan fingerprint density at radius 3 is 2.00 bits per heavy atom. The number of aliphatic hydroxyl groups is 1. The standard InChI is InChI=1S/C22H25NO2/c24-19-13-16-23(22(19)14-7-8-15-22)21(25)20(17-9-3-1-4-10-17)18-11-5-2-6-12-18/h1-6,9-12,19-20,24H,7-8,13-16H2. The molecule has 1 atom stereocenters. The van der Waals surface area contributed by atoms with Crippen molar-refractivity contribution in [2.75, 3.05) is 6.54 Å². The fourth-order valence-corrected chi connectivity index (χ4v) is 4.77. The molecule has 130 valence electrons. The van der Waals surface area contributed by atoms with E-state index >= 15 is 0 Å². The maximum absolute atomic E-state index is 13.7. The Balaban J connectivity index is 1.74. The van der Waals surface area contributed by atoms with Crippen LogP contribution in [0.4, 0.5) is 0 Å². The predicted molar refractivity (Wildman–Crippen MR) is 98.3 cm³/mol. The minimum atomic E-state index is -0.383. The number of aliphatic hydroxyl groups excluding tert-OH is 1. The topological polar surface area (TPSA) is 40.5 Å². The van der Waals surface area contributed by atoms with E-state index in [1.54, 1.807) is 0 Å². The Kier molecular flexibility index (Phi) is 4.34. The number of rotatable bonds is 3. The van der Waals surface area contributed by atoms with E-state index in [0.717, 1.165) is 36.8 Å². The molecule has 1 spiro atoms. The fourth-order valence-electron chi connectivity index (χ4n) is 4.77. The van der Waals surface area contributed by atoms with Crippen LogP contribution in [0.25, 0.3) is 0 Å². The first-order chi connectivity index (χ1) is 12.2. The minimum absolute atomic E-state index is 0.135. The number of likely N-dealkylation sites (tertiary alicyclic amines) is 1. The van der Waals surface area contributed by atoms with Gasteiger partial charge in [-0.05, 0) is 30.4 Å². The van der Waals surface area contributed by atoms with Gasteiger partial charge in [-0.1, -0.05) is 73.5 Å². The first kappa shape index (κ1) is 16.3. The Labute approximate surface area is 149 Å². The maximum Gasteiger partial charge on any atom is 0.235 e. The number of amides is 1. The predicted octanol–water partition coefficient (Wildman–Crippen LogP) is 3.72. The molecule has 0 radical (unpaired) electrons. The summed E-state index contributed by atoms with van der Waals surface area (Å²) < 4.78 is 0. The van der Waals surface area contributed by atoms with Crippen LogP contribution in [-0.2, 0) is 4.79 Å². The summed E-state index contributed by atoms with van der Waals surface area (Å²) in [7, 11) is 0. The second-order valence-electron chi connectivity index (χ2n) is 7.36. The van der Waals surface area contributed by atoms with Gasteiger partial charge in [-0.25, -0.2) is 0 Å². The molecule has 2 fully saturated rings. The highest BCUT2D eigenvalue weighted by molar-refractivity contribution is 5.88. The van der Waals surface area contributed by atoms with Gasteiger partial charge in [-0.15, -0.1) is 0 Å². The van der Waals surface area contributed by atoms with Gasteiger partial charge < -0.3 is 10.0 Å². The number of benzene rings is 2. The van der Waals surface area contributed by atoms with Gasteiger partial charge >= 0.3 is 0 Å². The van der Waals surface area contributed by atoms with Gasteiger partial charge in [0, 0.05) is 6.54 Å². The number of hydrogen-bond donors (Lipinski definition) is 1. The van der Waals surface area contributed by atoms with Gasteiger partial charge in [0.05, 0.1) is 17.6 Å². The SMILES string of the molecule is O=C(C(c1ccccc1)c1ccccc1)N1CCC(O)C12CCCC2. The van der Waals surface area contributed by atoms with Crippen LogP contribution in [0.1, 0.15) is 49.1 Å². The monoisotopic (exact) mass is 335 g/mol. The van der Waals surface area contributed by atoms with Crippen LogP contribution in [0.5, 0.6) is 0 Å². The summed E-state index contributed by atoms with van der Waals surface area (Å²) in [6.45, 7) is 0.663. The van der Waals surface area contributed by atoms with Crippen molar-refractivity contribution >= 4 is 5.91 Å². The van der Waals surface area contributed by atoms with Crippen LogP contribution < -0.4 is 0 Å². The molecule has 25 heavy (non-hydrogen) atoms. The van der Waals surface area contributed by atoms with E-state index in [2.05, 4.69) is 0 Å². The van der Waals surface area contributed by atoms with Crippen LogP contribution in [0, 0.1) is 0 Å². The zero-order chi connectivity index (χ0) is 17.3. The van der Waals surface area contributed by atoms with Gasteiger partial charge in [0.1, 0.15) is 0 Å². The first-order valence-electron chi connectivity index (χ1n) is 9.32. The van der Waals surface area contributed by atoms with E-state index in [-0.39, 0.29) is 23.5 Å². The molecule has 2 aromatic carbocycles. The highest BCUT2D eigenvalue weighted by Gasteiger charge is 2.52. The van der Waals surface area contributed by atoms with Gasteiger partial charge in [0.2, 0.25) is 5.91 Å². The van der Waals surface area contributed by atoms with Crippen molar-refractivity contribution in [2.24, 2.45) is 0 Å². The Hall–Kier alpha value is -2.13. The third-order valence-corrected chi connectivity index (χ3v) is 6.03. The molecule has 1 saturated carbocycles. The van der Waals surface area contributed by atoms with E-state index in [1.807, 2.05) is 65.6 Å². The van der Waals surface area contributed by atoms with Crippen molar-refractivity contribution in [3.05, 3.63) is 71.8 Å². The maximum atomic E-state index is 13.7. The highest BCUT2D eigenvalue weighted by atomic mass is 16.3. The summed E-state index contributed by atoms with van der Waals surface area (Å²) in [6, 6.07) is 20.0. The van der Waals surface area contributed by atoms with Crippen molar-refractivity contribution in [1.29, 1.82) is 0 Å². The van der Waals surface area contributed by atoms with Crippen LogP contribution >= 0.6 is 0 Å². The summed E-state index contributed by atoms with van der Waals surface area (Å²) >= 11 is 0. The Bertz CT molecular complexity index is 683. The molecule has 0 aromatic heterocycles. The third kappa shape index (κ3) is 2.77. The molecule has 1 N–H and O–H groups in total. The third-order valence-electron chi connectivity index (χ3n) is 6.03. The second kappa shape index (κ2) is 6.64. The summed E-state index contributed by atoms with van der Waals surface area (Å²) in [6.07, 6.45) is 4.37. The molecule has 0 bridgehead atoms. The number of nitrogens with zero attached hydrogens (tertiary/aromatic N) is 1. The molecule has 2 aromatic rings. The Morgan fingerprint density at radius 2 is 1.48 bits per heavy atom. The highest BCUT2D eigenvalue weighted by Crippen LogP contribution is 2.45. The lowest BCUT2D eigenvalue weighted by molar-refractivity contribution is -0.138. The van der Waals surface area contributed by atoms with E-state index in [0.29, 0.717) is 13.0 Å². The van der Waals surface area contributed by atoms with E-state index in [1.165, 1.54) is 0 Å². The second-order valence-corrected chi connectivity index (χ2v) is 7.36. The van der Waals surface area contributed by atoms with Crippen LogP contribution in [0.15, 0.2) is 60.7 Å². The molecule has 1 unspecified atom stereocenters. The van der Waals surface area contributed by atoms with Crippen molar-refractivity contribution in [3.8, 4) is 0 Å². The molecule has 4 rings (SSSR count). The van der Waals surface area contributed by atoms with Gasteiger partial charge in [-0.2, -0.15) is 0 Å². The molecule has 2 aliphatic rings. The fraction of sp³-hybridized carbons (Fsp3) is 0.409. The Morgan fingerprint density at radius 1 is 0.960 bits per heavy atom. The lowest BCUT2D eigenvalue weighted by Gasteiger charge is -2.39. The summed E-state index contributed by atoms with van der Waals surface area (Å²) in [5.74, 6) is -0.166. The van der Waals surface area contributed by atoms with E-state index in [9.17, 15) is 9.90 Å². The molecule has 3 nitrogen and oxygen atoms in total. The van der Waals surface area contributed by atoms with Crippen LogP contribution in [0.3, 0.4) is 0 Å². The van der Waals surface area contributed by atoms with E-state index in [4.69, 9.17) is 0 Å². The normalized spacial score (nSPS) is 22.0. The summed E-state index contributed by atoms with van der Waals surface area (Å²) in [4.78, 5) is 15.7. The summed E-state index contributed by atoms with van der Waals surface area (Å²) in [5, 5.41) is 10.6. The molecule has 3 heteroatoms. The lowest BCUT2D eigenvalue weighted by atomic mass is 9.86. The number of hydrogen-bond acceptors (Lipinski definition) is 2. The van der Waals surface area contributed by atoms with Gasteiger partial charge in [-0.3, -0.25) is 4.79 Å². The van der Waals surface area contributed by atoms with Crippen LogP contribution in [-0.4, -0.2) is 34.1 Å². The van der Waals surface area contributed by atoms with Crippen molar-refractivity contribution in [2.45, 2.75) is 49.7 Å². The number of carbonyl (C=O) groups excluding carboxylic acids is 1. The van der Waals surface area contributed by atoms with Gasteiger partial charge in [0.15, 0.2) is 0 Å². The smallest absolute Gasteiger partial charge is 0.235 e. The van der Waals surface area contributed by atoms with Gasteiger partial charge in [0.25, 0.3) is 0 Å². The molecule has 1 saturated heterocycles. The van der Waals surface area contributed by atoms with Crippen molar-refractivity contribution in [1.82, 2.24) is 4.90 Å². The quantitative estimate of drug-likeness (QED) is 0.928. The minimum Gasteiger partial charge on any atom is -0.391 e. The first-order valence-corrected chi connectivity index (χ1v) is 9.32. The largest absolute Gasteiger partial charge is 0.391 e. The van der Waals surface area contributed by atoms with E-state index < -0.39 is 0 Å². The van der Waals surface area contributed by atoms with Crippen molar-refractivity contribution in [3.63, 3.8) is 0 Å². The number of carbonyl (C=O) groups is 1. The zero-order valence-electron chi connectivity index (χ0n) is 14.5. The summed E-state index contributed by atoms with van der Waals surface area (Å²) in [5.41, 5.74) is 1.71. The molecular weight excluding hydrogens is 310 g/mol. The molecule has 1 aliphatic carbocycles. The molecular formula is C22H25NO2. The zero-order valence-corrected chi connectivity index (χ0v) is 14.5. The molecule has 1 heterocycles. The van der Waals surface area contributed by atoms with Crippen molar-refractivity contribution < 1.29 is 9.90 Å².